The van der Waals surface area contributed by atoms with Crippen LogP contribution in [0, 0.1) is 0 Å². The van der Waals surface area contributed by atoms with Crippen molar-refractivity contribution in [2.45, 2.75) is 13.5 Å². The normalized spacial score (nSPS) is 10.2. The van der Waals surface area contributed by atoms with E-state index in [4.69, 9.17) is 25.5 Å². The maximum Gasteiger partial charge on any atom is 0.562 e. The van der Waals surface area contributed by atoms with E-state index in [9.17, 15) is 0 Å². The molecule has 0 unspecified atom stereocenters. The maximum absolute atomic E-state index is 5.16. The van der Waals surface area contributed by atoms with Crippen molar-refractivity contribution >= 4 is 55.6 Å². The van der Waals surface area contributed by atoms with Crippen molar-refractivity contribution < 1.29 is 13.3 Å². The van der Waals surface area contributed by atoms with Crippen LogP contribution >= 0.6 is 12.2 Å². The van der Waals surface area contributed by atoms with Crippen LogP contribution in [0.1, 0.15) is 6.92 Å². The molecule has 3 nitrogen and oxygen atoms in total. The minimum Gasteiger partial charge on any atom is -0.495 e. The molecule has 0 N–H and O–H groups in total. The van der Waals surface area contributed by atoms with E-state index in [0.717, 1.165) is 0 Å². The minimum atomic E-state index is -2.40. The summed E-state index contributed by atoms with van der Waals surface area (Å²) in [4.78, 5) is 0. The molecule has 0 amide bonds. The fraction of sp³-hybridized carbons (Fsp3) is 0.800. The molecule has 0 saturated carbocycles. The zero-order valence-electron chi connectivity index (χ0n) is 7.63. The molecule has 1 radical (unpaired) electrons. The second kappa shape index (κ2) is 6.53. The first-order valence-electron chi connectivity index (χ1n) is 2.84. The zero-order chi connectivity index (χ0) is 8.20. The van der Waals surface area contributed by atoms with Gasteiger partial charge in [-0.1, -0.05) is 0 Å². The summed E-state index contributed by atoms with van der Waals surface area (Å²) in [5.41, 5.74) is 0. The van der Waals surface area contributed by atoms with Crippen LogP contribution in [-0.4, -0.2) is 57.6 Å². The molecule has 11 heavy (non-hydrogen) atoms. The first-order chi connectivity index (χ1) is 4.54. The van der Waals surface area contributed by atoms with Gasteiger partial charge in [0, 0.05) is 57.2 Å². The van der Waals surface area contributed by atoms with Gasteiger partial charge in [-0.3, -0.25) is 0 Å². The van der Waals surface area contributed by atoms with Crippen LogP contribution in [0.25, 0.3) is 0 Å². The molecule has 0 aliphatic carbocycles. The fourth-order valence-corrected chi connectivity index (χ4v) is 1.74. The van der Waals surface area contributed by atoms with E-state index >= 15 is 0 Å². The third-order valence-corrected chi connectivity index (χ3v) is 3.46. The van der Waals surface area contributed by atoms with Gasteiger partial charge < -0.3 is 13.3 Å². The monoisotopic (exact) mass is 203 g/mol. The second-order valence-electron chi connectivity index (χ2n) is 1.86. The molecule has 0 fully saturated rings. The first kappa shape index (κ1) is 14.5. The van der Waals surface area contributed by atoms with Crippen LogP contribution in [0.3, 0.4) is 0 Å². The fourth-order valence-electron chi connectivity index (χ4n) is 0.428. The molecule has 0 aromatic heterocycles. The standard InChI is InChI=1S/C5H12O3SSi.Na/c1-5(9)8-10(4,6-2)7-3;/h1-4H3;. The van der Waals surface area contributed by atoms with Gasteiger partial charge in [-0.25, -0.2) is 0 Å². The van der Waals surface area contributed by atoms with Crippen molar-refractivity contribution in [2.75, 3.05) is 14.2 Å². The third kappa shape index (κ3) is 6.21. The van der Waals surface area contributed by atoms with E-state index in [1.54, 1.807) is 27.7 Å². The average Bonchev–Trinajstić information content (AvgIpc) is 1.87. The van der Waals surface area contributed by atoms with E-state index in [1.165, 1.54) is 0 Å². The van der Waals surface area contributed by atoms with Gasteiger partial charge >= 0.3 is 8.80 Å². The Morgan fingerprint density at radius 2 is 1.64 bits per heavy atom. The molecular weight excluding hydrogens is 191 g/mol. The molecule has 0 atom stereocenters. The van der Waals surface area contributed by atoms with Gasteiger partial charge in [0.05, 0.1) is 0 Å². The predicted octanol–water partition coefficient (Wildman–Crippen LogP) is 0.831. The van der Waals surface area contributed by atoms with Gasteiger partial charge in [-0.2, -0.15) is 0 Å². The zero-order valence-corrected chi connectivity index (χ0v) is 11.4. The Morgan fingerprint density at radius 3 is 1.73 bits per heavy atom. The van der Waals surface area contributed by atoms with Crippen molar-refractivity contribution in [3.8, 4) is 0 Å². The van der Waals surface area contributed by atoms with E-state index in [0.29, 0.717) is 5.05 Å². The molecule has 6 heteroatoms. The van der Waals surface area contributed by atoms with Gasteiger partial charge in [0.2, 0.25) is 0 Å². The number of thiocarbonyl (C=S) groups is 1. The van der Waals surface area contributed by atoms with Crippen LogP contribution in [0.15, 0.2) is 0 Å². The van der Waals surface area contributed by atoms with Crippen LogP contribution in [-0.2, 0) is 13.3 Å². The Morgan fingerprint density at radius 1 is 1.27 bits per heavy atom. The van der Waals surface area contributed by atoms with Crippen LogP contribution in [0.5, 0.6) is 0 Å². The molecule has 61 valence electrons. The minimum absolute atomic E-state index is 0. The summed E-state index contributed by atoms with van der Waals surface area (Å²) < 4.78 is 15.2. The molecular formula is C5H12NaO3SSi. The van der Waals surface area contributed by atoms with Gasteiger partial charge in [-0.05, 0) is 12.2 Å². The Balaban J connectivity index is 0. The number of hydrogen-bond donors (Lipinski definition) is 0. The van der Waals surface area contributed by atoms with Crippen molar-refractivity contribution in [3.63, 3.8) is 0 Å². The SMILES string of the molecule is CO[Si](C)(OC)OC(C)=S.[Na]. The van der Waals surface area contributed by atoms with Gasteiger partial charge in [0.1, 0.15) is 5.05 Å². The van der Waals surface area contributed by atoms with Crippen LogP contribution in [0.2, 0.25) is 6.55 Å². The smallest absolute Gasteiger partial charge is 0.495 e. The summed E-state index contributed by atoms with van der Waals surface area (Å²) >= 11 is 4.73. The molecule has 0 saturated heterocycles. The summed E-state index contributed by atoms with van der Waals surface area (Å²) in [5, 5.41) is 0.456. The van der Waals surface area contributed by atoms with Crippen molar-refractivity contribution in [2.24, 2.45) is 0 Å². The Kier molecular flexibility index (Phi) is 8.64. The predicted molar refractivity (Wildman–Crippen MR) is 50.7 cm³/mol. The molecule has 0 aromatic rings. The van der Waals surface area contributed by atoms with Crippen molar-refractivity contribution in [3.05, 3.63) is 0 Å². The molecule has 0 spiro atoms. The summed E-state index contributed by atoms with van der Waals surface area (Å²) in [6.07, 6.45) is 0. The third-order valence-electron chi connectivity index (χ3n) is 1.07. The van der Waals surface area contributed by atoms with Crippen LogP contribution in [0.4, 0.5) is 0 Å². The van der Waals surface area contributed by atoms with Crippen molar-refractivity contribution in [1.29, 1.82) is 0 Å². The van der Waals surface area contributed by atoms with E-state index in [-0.39, 0.29) is 29.6 Å². The van der Waals surface area contributed by atoms with Crippen LogP contribution < -0.4 is 0 Å². The van der Waals surface area contributed by atoms with E-state index in [1.807, 2.05) is 0 Å². The first-order valence-corrected chi connectivity index (χ1v) is 5.47. The molecule has 0 bridgehead atoms. The molecule has 0 aliphatic rings. The summed E-state index contributed by atoms with van der Waals surface area (Å²) in [5.74, 6) is 0. The summed E-state index contributed by atoms with van der Waals surface area (Å²) in [7, 11) is 0.698. The van der Waals surface area contributed by atoms with E-state index < -0.39 is 8.80 Å². The largest absolute Gasteiger partial charge is 0.562 e. The summed E-state index contributed by atoms with van der Waals surface area (Å²) in [6.45, 7) is 3.47. The summed E-state index contributed by atoms with van der Waals surface area (Å²) in [6, 6.07) is 0. The van der Waals surface area contributed by atoms with Crippen molar-refractivity contribution in [1.82, 2.24) is 0 Å². The molecule has 0 aromatic carbocycles. The quantitative estimate of drug-likeness (QED) is 0.501. The second-order valence-corrected chi connectivity index (χ2v) is 5.18. The van der Waals surface area contributed by atoms with Gasteiger partial charge in [0.15, 0.2) is 0 Å². The van der Waals surface area contributed by atoms with E-state index in [2.05, 4.69) is 0 Å². The molecule has 0 aliphatic heterocycles. The Labute approximate surface area is 96.1 Å². The Hall–Kier alpha value is 1.03. The Bertz CT molecular complexity index is 129. The maximum atomic E-state index is 5.16. The molecule has 0 rings (SSSR count). The number of hydrogen-bond acceptors (Lipinski definition) is 4. The topological polar surface area (TPSA) is 27.7 Å². The van der Waals surface area contributed by atoms with Gasteiger partial charge in [0.25, 0.3) is 0 Å². The average molecular weight is 203 g/mol. The van der Waals surface area contributed by atoms with Gasteiger partial charge in [-0.15, -0.1) is 0 Å². The molecule has 0 heterocycles. The number of rotatable bonds is 3.